The summed E-state index contributed by atoms with van der Waals surface area (Å²) >= 11 is 0. The van der Waals surface area contributed by atoms with Crippen LogP contribution in [0.25, 0.3) is 22.1 Å². The Balaban J connectivity index is 1.54. The number of carbonyl (C=O) groups is 1. The summed E-state index contributed by atoms with van der Waals surface area (Å²) in [5, 5.41) is 8.27. The Hall–Kier alpha value is -3.55. The zero-order valence-electron chi connectivity index (χ0n) is 18.0. The summed E-state index contributed by atoms with van der Waals surface area (Å²) in [6.07, 6.45) is 3.98. The number of aryl methyl sites for hydroxylation is 1. The van der Waals surface area contributed by atoms with Gasteiger partial charge < -0.3 is 10.2 Å². The predicted molar refractivity (Wildman–Crippen MR) is 122 cm³/mol. The standard InChI is InChI=1S/C23H25N7O/c1-14(2)30-21-16(13-24-30)12-17(15(3)25-21)23(31)28-20-22(29-10-6-7-11-29)27-19-9-5-4-8-18(19)26-20/h4-5,8-9,12-14H,6-7,10-11H2,1-3H3,(H,26,28,31). The number of hydrogen-bond donors (Lipinski definition) is 1. The van der Waals surface area contributed by atoms with Gasteiger partial charge in [0.05, 0.1) is 28.5 Å². The second kappa shape index (κ2) is 7.61. The lowest BCUT2D eigenvalue weighted by atomic mass is 10.1. The third kappa shape index (κ3) is 3.48. The van der Waals surface area contributed by atoms with E-state index in [0.717, 1.165) is 53.8 Å². The highest BCUT2D eigenvalue weighted by Gasteiger charge is 2.22. The molecule has 158 valence electrons. The molecule has 4 heterocycles. The van der Waals surface area contributed by atoms with Crippen LogP contribution in [0.3, 0.4) is 0 Å². The number of amides is 1. The van der Waals surface area contributed by atoms with Gasteiger partial charge in [0, 0.05) is 24.5 Å². The van der Waals surface area contributed by atoms with Crippen molar-refractivity contribution in [1.29, 1.82) is 0 Å². The van der Waals surface area contributed by atoms with Crippen LogP contribution in [-0.2, 0) is 0 Å². The minimum absolute atomic E-state index is 0.194. The maximum atomic E-state index is 13.3. The number of anilines is 2. The van der Waals surface area contributed by atoms with E-state index in [1.165, 1.54) is 0 Å². The normalized spacial score (nSPS) is 14.1. The van der Waals surface area contributed by atoms with E-state index in [2.05, 4.69) is 34.1 Å². The van der Waals surface area contributed by atoms with Gasteiger partial charge in [0.2, 0.25) is 0 Å². The Kier molecular flexibility index (Phi) is 4.77. The molecule has 1 aliphatic heterocycles. The lowest BCUT2D eigenvalue weighted by Crippen LogP contribution is -2.23. The molecule has 4 aromatic rings. The predicted octanol–water partition coefficient (Wildman–Crippen LogP) is 4.12. The van der Waals surface area contributed by atoms with Crippen LogP contribution in [0.5, 0.6) is 0 Å². The molecule has 31 heavy (non-hydrogen) atoms. The van der Waals surface area contributed by atoms with Gasteiger partial charge in [0.1, 0.15) is 0 Å². The van der Waals surface area contributed by atoms with Crippen LogP contribution in [0.2, 0.25) is 0 Å². The van der Waals surface area contributed by atoms with Crippen LogP contribution < -0.4 is 10.2 Å². The Morgan fingerprint density at radius 1 is 1.06 bits per heavy atom. The third-order valence-corrected chi connectivity index (χ3v) is 5.68. The second-order valence-electron chi connectivity index (χ2n) is 8.25. The average Bonchev–Trinajstić information content (AvgIpc) is 3.42. The van der Waals surface area contributed by atoms with Gasteiger partial charge in [-0.25, -0.2) is 19.6 Å². The van der Waals surface area contributed by atoms with E-state index in [4.69, 9.17) is 9.97 Å². The van der Waals surface area contributed by atoms with Crippen molar-refractivity contribution in [1.82, 2.24) is 24.7 Å². The van der Waals surface area contributed by atoms with Crippen LogP contribution >= 0.6 is 0 Å². The minimum atomic E-state index is -0.241. The van der Waals surface area contributed by atoms with Gasteiger partial charge in [-0.1, -0.05) is 12.1 Å². The molecule has 0 unspecified atom stereocenters. The number of benzene rings is 1. The van der Waals surface area contributed by atoms with Crippen molar-refractivity contribution in [3.63, 3.8) is 0 Å². The summed E-state index contributed by atoms with van der Waals surface area (Å²) in [6.45, 7) is 7.79. The van der Waals surface area contributed by atoms with Crippen LogP contribution in [0.15, 0.2) is 36.5 Å². The van der Waals surface area contributed by atoms with Crippen LogP contribution in [0, 0.1) is 6.92 Å². The van der Waals surface area contributed by atoms with Crippen molar-refractivity contribution in [2.45, 2.75) is 39.7 Å². The van der Waals surface area contributed by atoms with Gasteiger partial charge in [-0.15, -0.1) is 0 Å². The Bertz CT molecular complexity index is 1290. The van der Waals surface area contributed by atoms with Gasteiger partial charge in [-0.2, -0.15) is 5.10 Å². The van der Waals surface area contributed by atoms with Crippen LogP contribution in [0.1, 0.15) is 48.8 Å². The molecular formula is C23H25N7O. The highest BCUT2D eigenvalue weighted by Crippen LogP contribution is 2.29. The first-order valence-corrected chi connectivity index (χ1v) is 10.7. The van der Waals surface area contributed by atoms with E-state index in [9.17, 15) is 4.79 Å². The van der Waals surface area contributed by atoms with Crippen molar-refractivity contribution >= 4 is 39.6 Å². The Morgan fingerprint density at radius 3 is 2.48 bits per heavy atom. The monoisotopic (exact) mass is 415 g/mol. The first-order valence-electron chi connectivity index (χ1n) is 10.7. The molecule has 1 saturated heterocycles. The second-order valence-corrected chi connectivity index (χ2v) is 8.25. The number of hydrogen-bond acceptors (Lipinski definition) is 6. The number of fused-ring (bicyclic) bond motifs is 2. The van der Waals surface area contributed by atoms with Gasteiger partial charge in [0.15, 0.2) is 17.3 Å². The molecule has 1 fully saturated rings. The van der Waals surface area contributed by atoms with E-state index >= 15 is 0 Å². The number of nitrogens with one attached hydrogen (secondary N) is 1. The van der Waals surface area contributed by atoms with E-state index in [-0.39, 0.29) is 11.9 Å². The molecule has 1 aromatic carbocycles. The minimum Gasteiger partial charge on any atom is -0.354 e. The fraction of sp³-hybridized carbons (Fsp3) is 0.348. The molecule has 8 nitrogen and oxygen atoms in total. The summed E-state index contributed by atoms with van der Waals surface area (Å²) in [5.41, 5.74) is 3.53. The van der Waals surface area contributed by atoms with E-state index < -0.39 is 0 Å². The van der Waals surface area contributed by atoms with Crippen molar-refractivity contribution in [3.05, 3.63) is 47.8 Å². The molecule has 1 amide bonds. The number of rotatable bonds is 4. The van der Waals surface area contributed by atoms with Gasteiger partial charge >= 0.3 is 0 Å². The number of pyridine rings is 1. The molecule has 1 N–H and O–H groups in total. The van der Waals surface area contributed by atoms with Gasteiger partial charge in [-0.05, 0) is 51.8 Å². The molecule has 0 bridgehead atoms. The molecule has 5 rings (SSSR count). The molecule has 1 aliphatic rings. The SMILES string of the molecule is Cc1nc2c(cnn2C(C)C)cc1C(=O)Nc1nc2ccccc2nc1N1CCCC1. The zero-order valence-corrected chi connectivity index (χ0v) is 18.0. The Morgan fingerprint density at radius 2 is 1.77 bits per heavy atom. The first-order chi connectivity index (χ1) is 15.0. The molecule has 8 heteroatoms. The highest BCUT2D eigenvalue weighted by atomic mass is 16.1. The number of aromatic nitrogens is 5. The third-order valence-electron chi connectivity index (χ3n) is 5.68. The fourth-order valence-electron chi connectivity index (χ4n) is 4.07. The summed E-state index contributed by atoms with van der Waals surface area (Å²) in [5.74, 6) is 0.973. The molecule has 3 aromatic heterocycles. The molecule has 0 atom stereocenters. The molecule has 0 radical (unpaired) electrons. The number of para-hydroxylation sites is 2. The molecular weight excluding hydrogens is 390 g/mol. The van der Waals surface area contributed by atoms with Gasteiger partial charge in [-0.3, -0.25) is 4.79 Å². The van der Waals surface area contributed by atoms with Crippen molar-refractivity contribution in [2.24, 2.45) is 0 Å². The smallest absolute Gasteiger partial charge is 0.258 e. The topological polar surface area (TPSA) is 88.8 Å². The summed E-state index contributed by atoms with van der Waals surface area (Å²) in [4.78, 5) is 29.7. The van der Waals surface area contributed by atoms with E-state index in [0.29, 0.717) is 17.1 Å². The van der Waals surface area contributed by atoms with Crippen LogP contribution in [-0.4, -0.2) is 43.7 Å². The van der Waals surface area contributed by atoms with E-state index in [1.54, 1.807) is 6.20 Å². The molecule has 0 spiro atoms. The van der Waals surface area contributed by atoms with Crippen molar-refractivity contribution < 1.29 is 4.79 Å². The molecule has 0 saturated carbocycles. The summed E-state index contributed by atoms with van der Waals surface area (Å²) in [6, 6.07) is 9.77. The van der Waals surface area contributed by atoms with Crippen molar-refractivity contribution in [3.8, 4) is 0 Å². The first kappa shape index (κ1) is 19.4. The average molecular weight is 416 g/mol. The lowest BCUT2D eigenvalue weighted by Gasteiger charge is -2.20. The Labute approximate surface area is 180 Å². The van der Waals surface area contributed by atoms with Crippen molar-refractivity contribution in [2.75, 3.05) is 23.3 Å². The number of nitrogens with zero attached hydrogens (tertiary/aromatic N) is 6. The highest BCUT2D eigenvalue weighted by molar-refractivity contribution is 6.07. The van der Waals surface area contributed by atoms with E-state index in [1.807, 2.05) is 41.9 Å². The summed E-state index contributed by atoms with van der Waals surface area (Å²) in [7, 11) is 0. The maximum absolute atomic E-state index is 13.3. The van der Waals surface area contributed by atoms with Gasteiger partial charge in [0.25, 0.3) is 5.91 Å². The fourth-order valence-corrected chi connectivity index (χ4v) is 4.07. The maximum Gasteiger partial charge on any atom is 0.258 e. The zero-order chi connectivity index (χ0) is 21.5. The summed E-state index contributed by atoms with van der Waals surface area (Å²) < 4.78 is 1.87. The molecule has 0 aliphatic carbocycles. The quantitative estimate of drug-likeness (QED) is 0.539. The lowest BCUT2D eigenvalue weighted by molar-refractivity contribution is 0.102. The van der Waals surface area contributed by atoms with Crippen LogP contribution in [0.4, 0.5) is 11.6 Å². The number of carbonyl (C=O) groups excluding carboxylic acids is 1. The largest absolute Gasteiger partial charge is 0.354 e.